The molecule has 29 heavy (non-hydrogen) atoms. The zero-order valence-electron chi connectivity index (χ0n) is 17.2. The topological polar surface area (TPSA) is 54.3 Å². The Kier molecular flexibility index (Phi) is 5.14. The average Bonchev–Trinajstić information content (AvgIpc) is 3.14. The van der Waals surface area contributed by atoms with Crippen molar-refractivity contribution in [2.24, 2.45) is 7.05 Å². The summed E-state index contributed by atoms with van der Waals surface area (Å²) in [7, 11) is 2.05. The van der Waals surface area contributed by atoms with Crippen LogP contribution in [-0.4, -0.2) is 34.4 Å². The van der Waals surface area contributed by atoms with Crippen LogP contribution in [0.1, 0.15) is 53.0 Å². The predicted octanol–water partition coefficient (Wildman–Crippen LogP) is 3.95. The second-order valence-electron chi connectivity index (χ2n) is 7.70. The van der Waals surface area contributed by atoms with Crippen molar-refractivity contribution in [1.82, 2.24) is 14.8 Å². The number of hydrogen-bond donors (Lipinski definition) is 1. The van der Waals surface area contributed by atoms with Gasteiger partial charge in [-0.25, -0.2) is 0 Å². The Morgan fingerprint density at radius 3 is 2.62 bits per heavy atom. The molecule has 0 spiro atoms. The third-order valence-electron chi connectivity index (χ3n) is 5.95. The normalized spacial score (nSPS) is 15.8. The SMILES string of the molecule is CCCCNC(=O)CN1C(=O)c2ccccc2C1c1c(C)n(C)c2ccccc12. The fourth-order valence-electron chi connectivity index (χ4n) is 4.35. The lowest BCUT2D eigenvalue weighted by atomic mass is 9.95. The first-order chi connectivity index (χ1) is 14.0. The van der Waals surface area contributed by atoms with Crippen LogP contribution in [0.3, 0.4) is 0 Å². The summed E-state index contributed by atoms with van der Waals surface area (Å²) in [6.07, 6.45) is 1.96. The van der Waals surface area contributed by atoms with Gasteiger partial charge in [0.15, 0.2) is 0 Å². The van der Waals surface area contributed by atoms with E-state index in [4.69, 9.17) is 0 Å². The molecule has 1 aliphatic rings. The maximum atomic E-state index is 13.2. The Morgan fingerprint density at radius 2 is 1.83 bits per heavy atom. The number of fused-ring (bicyclic) bond motifs is 2. The lowest BCUT2D eigenvalue weighted by Gasteiger charge is -2.26. The molecule has 1 aromatic heterocycles. The molecule has 2 amide bonds. The Bertz CT molecular complexity index is 1080. The number of hydrogen-bond acceptors (Lipinski definition) is 2. The third-order valence-corrected chi connectivity index (χ3v) is 5.95. The van der Waals surface area contributed by atoms with Gasteiger partial charge in [-0.3, -0.25) is 9.59 Å². The lowest BCUT2D eigenvalue weighted by Crippen LogP contribution is -2.40. The monoisotopic (exact) mass is 389 g/mol. The highest BCUT2D eigenvalue weighted by molar-refractivity contribution is 6.02. The molecule has 150 valence electrons. The van der Waals surface area contributed by atoms with Crippen LogP contribution in [-0.2, 0) is 11.8 Å². The number of benzene rings is 2. The van der Waals surface area contributed by atoms with Gasteiger partial charge >= 0.3 is 0 Å². The second-order valence-corrected chi connectivity index (χ2v) is 7.70. The molecular formula is C24H27N3O2. The minimum absolute atomic E-state index is 0.0601. The number of aromatic nitrogens is 1. The molecular weight excluding hydrogens is 362 g/mol. The number of nitrogens with one attached hydrogen (secondary N) is 1. The molecule has 2 heterocycles. The minimum atomic E-state index is -0.262. The van der Waals surface area contributed by atoms with Crippen molar-refractivity contribution in [3.05, 3.63) is 70.9 Å². The van der Waals surface area contributed by atoms with Crippen LogP contribution in [0.2, 0.25) is 0 Å². The van der Waals surface area contributed by atoms with E-state index in [0.717, 1.165) is 40.6 Å². The molecule has 5 heteroatoms. The van der Waals surface area contributed by atoms with Gasteiger partial charge in [-0.15, -0.1) is 0 Å². The summed E-state index contributed by atoms with van der Waals surface area (Å²) in [5, 5.41) is 4.07. The molecule has 0 radical (unpaired) electrons. The van der Waals surface area contributed by atoms with Gasteiger partial charge in [-0.1, -0.05) is 49.7 Å². The van der Waals surface area contributed by atoms with Crippen molar-refractivity contribution in [1.29, 1.82) is 0 Å². The van der Waals surface area contributed by atoms with Crippen molar-refractivity contribution < 1.29 is 9.59 Å². The number of carbonyl (C=O) groups is 2. The van der Waals surface area contributed by atoms with E-state index < -0.39 is 0 Å². The van der Waals surface area contributed by atoms with Gasteiger partial charge < -0.3 is 14.8 Å². The van der Waals surface area contributed by atoms with E-state index in [9.17, 15) is 9.59 Å². The number of aryl methyl sites for hydroxylation is 1. The molecule has 1 aliphatic heterocycles. The molecule has 5 nitrogen and oxygen atoms in total. The number of carbonyl (C=O) groups excluding carboxylic acids is 2. The molecule has 0 bridgehead atoms. The molecule has 0 saturated carbocycles. The molecule has 3 aromatic rings. The highest BCUT2D eigenvalue weighted by Gasteiger charge is 2.40. The first-order valence-electron chi connectivity index (χ1n) is 10.2. The van der Waals surface area contributed by atoms with E-state index in [0.29, 0.717) is 12.1 Å². The zero-order chi connectivity index (χ0) is 20.5. The highest BCUT2D eigenvalue weighted by atomic mass is 16.2. The Balaban J connectivity index is 1.80. The number of nitrogens with zero attached hydrogens (tertiary/aromatic N) is 2. The number of rotatable bonds is 6. The van der Waals surface area contributed by atoms with E-state index in [1.54, 1.807) is 4.90 Å². The lowest BCUT2D eigenvalue weighted by molar-refractivity contribution is -0.122. The number of para-hydroxylation sites is 1. The van der Waals surface area contributed by atoms with Crippen LogP contribution >= 0.6 is 0 Å². The molecule has 0 saturated heterocycles. The van der Waals surface area contributed by atoms with Crippen molar-refractivity contribution >= 4 is 22.7 Å². The van der Waals surface area contributed by atoms with Gasteiger partial charge in [0.2, 0.25) is 5.91 Å². The van der Waals surface area contributed by atoms with Crippen molar-refractivity contribution in [3.8, 4) is 0 Å². The van der Waals surface area contributed by atoms with Gasteiger partial charge in [0.05, 0.1) is 6.04 Å². The van der Waals surface area contributed by atoms with Crippen LogP contribution in [0.25, 0.3) is 10.9 Å². The van der Waals surface area contributed by atoms with Gasteiger partial charge in [-0.05, 0) is 31.0 Å². The maximum Gasteiger partial charge on any atom is 0.255 e. The van der Waals surface area contributed by atoms with E-state index in [2.05, 4.69) is 35.9 Å². The van der Waals surface area contributed by atoms with E-state index in [1.807, 2.05) is 43.4 Å². The van der Waals surface area contributed by atoms with Crippen LogP contribution < -0.4 is 5.32 Å². The predicted molar refractivity (Wildman–Crippen MR) is 115 cm³/mol. The summed E-state index contributed by atoms with van der Waals surface area (Å²) in [4.78, 5) is 27.6. The Labute approximate surface area is 171 Å². The second kappa shape index (κ2) is 7.74. The molecule has 1 atom stereocenters. The maximum absolute atomic E-state index is 13.2. The average molecular weight is 389 g/mol. The minimum Gasteiger partial charge on any atom is -0.355 e. The fourth-order valence-corrected chi connectivity index (χ4v) is 4.35. The molecule has 1 unspecified atom stereocenters. The molecule has 1 N–H and O–H groups in total. The molecule has 4 rings (SSSR count). The smallest absolute Gasteiger partial charge is 0.255 e. The number of unbranched alkanes of at least 4 members (excludes halogenated alkanes) is 1. The van der Waals surface area contributed by atoms with E-state index in [-0.39, 0.29) is 24.4 Å². The van der Waals surface area contributed by atoms with Crippen molar-refractivity contribution in [2.75, 3.05) is 13.1 Å². The standard InChI is InChI=1S/C24H27N3O2/c1-4-5-14-25-21(28)15-27-23(17-10-6-7-11-18(17)24(27)29)22-16(2)26(3)20-13-9-8-12-19(20)22/h6-13,23H,4-5,14-15H2,1-3H3,(H,25,28). The van der Waals surface area contributed by atoms with E-state index in [1.165, 1.54) is 0 Å². The van der Waals surface area contributed by atoms with Gasteiger partial charge in [-0.2, -0.15) is 0 Å². The first kappa shape index (κ1) is 19.2. The Morgan fingerprint density at radius 1 is 1.10 bits per heavy atom. The van der Waals surface area contributed by atoms with Crippen LogP contribution in [0.4, 0.5) is 0 Å². The fraction of sp³-hybridized carbons (Fsp3) is 0.333. The summed E-state index contributed by atoms with van der Waals surface area (Å²) in [5.41, 5.74) is 4.99. The largest absolute Gasteiger partial charge is 0.355 e. The summed E-state index contributed by atoms with van der Waals surface area (Å²) in [5.74, 6) is -0.189. The summed E-state index contributed by atoms with van der Waals surface area (Å²) < 4.78 is 2.16. The highest BCUT2D eigenvalue weighted by Crippen LogP contribution is 2.43. The summed E-state index contributed by atoms with van der Waals surface area (Å²) in [6, 6.07) is 15.7. The van der Waals surface area contributed by atoms with Gasteiger partial charge in [0, 0.05) is 41.3 Å². The summed E-state index contributed by atoms with van der Waals surface area (Å²) in [6.45, 7) is 4.87. The number of amides is 2. The molecule has 0 aliphatic carbocycles. The van der Waals surface area contributed by atoms with Crippen molar-refractivity contribution in [2.45, 2.75) is 32.7 Å². The first-order valence-corrected chi connectivity index (χ1v) is 10.2. The molecule has 2 aromatic carbocycles. The van der Waals surface area contributed by atoms with Crippen LogP contribution in [0.15, 0.2) is 48.5 Å². The van der Waals surface area contributed by atoms with Crippen molar-refractivity contribution in [3.63, 3.8) is 0 Å². The Hall–Kier alpha value is -3.08. The zero-order valence-corrected chi connectivity index (χ0v) is 17.2. The van der Waals surface area contributed by atoms with Gasteiger partial charge in [0.1, 0.15) is 6.54 Å². The van der Waals surface area contributed by atoms with E-state index >= 15 is 0 Å². The quantitative estimate of drug-likeness (QED) is 0.649. The van der Waals surface area contributed by atoms with Crippen LogP contribution in [0, 0.1) is 6.92 Å². The summed E-state index contributed by atoms with van der Waals surface area (Å²) >= 11 is 0. The molecule has 0 fully saturated rings. The third kappa shape index (κ3) is 3.20. The van der Waals surface area contributed by atoms with Crippen LogP contribution in [0.5, 0.6) is 0 Å². The van der Waals surface area contributed by atoms with Gasteiger partial charge in [0.25, 0.3) is 5.91 Å².